The van der Waals surface area contributed by atoms with Crippen molar-refractivity contribution in [1.29, 1.82) is 0 Å². The molecule has 2 nitrogen and oxygen atoms in total. The Hall–Kier alpha value is -0.520. The van der Waals surface area contributed by atoms with Crippen molar-refractivity contribution in [1.82, 2.24) is 5.32 Å². The standard InChI is InChI=1S/C8H13NO/c1-3-8(2,10)7-5-4-6-9-7/h1,7,9-10H,4-6H2,2H3/t7-,8-/m0/s1. The van der Waals surface area contributed by atoms with Crippen LogP contribution in [0.4, 0.5) is 0 Å². The largest absolute Gasteiger partial charge is 0.376 e. The summed E-state index contributed by atoms with van der Waals surface area (Å²) in [4.78, 5) is 0. The molecule has 1 heterocycles. The molecule has 0 bridgehead atoms. The molecule has 0 saturated carbocycles. The normalized spacial score (nSPS) is 31.1. The summed E-state index contributed by atoms with van der Waals surface area (Å²) in [7, 11) is 0. The smallest absolute Gasteiger partial charge is 0.137 e. The van der Waals surface area contributed by atoms with Gasteiger partial charge < -0.3 is 10.4 Å². The molecule has 0 aromatic carbocycles. The van der Waals surface area contributed by atoms with Crippen molar-refractivity contribution < 1.29 is 5.11 Å². The van der Waals surface area contributed by atoms with Gasteiger partial charge in [0.1, 0.15) is 5.60 Å². The zero-order chi connectivity index (χ0) is 7.61. The van der Waals surface area contributed by atoms with Crippen LogP contribution in [-0.4, -0.2) is 23.3 Å². The van der Waals surface area contributed by atoms with Gasteiger partial charge in [-0.2, -0.15) is 0 Å². The Morgan fingerprint density at radius 3 is 2.90 bits per heavy atom. The molecule has 0 spiro atoms. The van der Waals surface area contributed by atoms with Gasteiger partial charge in [0.05, 0.1) is 0 Å². The molecule has 10 heavy (non-hydrogen) atoms. The number of terminal acetylenes is 1. The molecule has 0 amide bonds. The van der Waals surface area contributed by atoms with Crippen molar-refractivity contribution in [3.63, 3.8) is 0 Å². The van der Waals surface area contributed by atoms with Crippen molar-refractivity contribution in [3.8, 4) is 12.3 Å². The summed E-state index contributed by atoms with van der Waals surface area (Å²) in [6.07, 6.45) is 7.24. The van der Waals surface area contributed by atoms with E-state index < -0.39 is 5.60 Å². The van der Waals surface area contributed by atoms with Gasteiger partial charge in [0.15, 0.2) is 0 Å². The van der Waals surface area contributed by atoms with Gasteiger partial charge >= 0.3 is 0 Å². The van der Waals surface area contributed by atoms with Gasteiger partial charge in [0.2, 0.25) is 0 Å². The summed E-state index contributed by atoms with van der Waals surface area (Å²) in [6, 6.07) is 0.0949. The first kappa shape index (κ1) is 7.59. The summed E-state index contributed by atoms with van der Waals surface area (Å²) in [5, 5.41) is 12.7. The minimum absolute atomic E-state index is 0.0949. The van der Waals surface area contributed by atoms with Crippen molar-refractivity contribution >= 4 is 0 Å². The zero-order valence-electron chi connectivity index (χ0n) is 6.22. The van der Waals surface area contributed by atoms with Crippen LogP contribution >= 0.6 is 0 Å². The van der Waals surface area contributed by atoms with Crippen LogP contribution in [0.3, 0.4) is 0 Å². The van der Waals surface area contributed by atoms with Gasteiger partial charge in [-0.05, 0) is 26.3 Å². The first-order valence-corrected chi connectivity index (χ1v) is 3.60. The lowest BCUT2D eigenvalue weighted by atomic mass is 9.96. The Morgan fingerprint density at radius 2 is 2.50 bits per heavy atom. The number of aliphatic hydroxyl groups is 1. The lowest BCUT2D eigenvalue weighted by Crippen LogP contribution is -2.43. The molecule has 1 aliphatic rings. The zero-order valence-corrected chi connectivity index (χ0v) is 6.22. The topological polar surface area (TPSA) is 32.3 Å². The summed E-state index contributed by atoms with van der Waals surface area (Å²) in [5.41, 5.74) is -0.962. The number of hydrogen-bond donors (Lipinski definition) is 2. The van der Waals surface area contributed by atoms with E-state index in [0.717, 1.165) is 19.4 Å². The molecule has 1 fully saturated rings. The molecule has 1 aliphatic heterocycles. The number of rotatable bonds is 1. The molecule has 2 N–H and O–H groups in total. The van der Waals surface area contributed by atoms with Crippen LogP contribution in [0, 0.1) is 12.3 Å². The van der Waals surface area contributed by atoms with E-state index in [2.05, 4.69) is 11.2 Å². The van der Waals surface area contributed by atoms with Gasteiger partial charge in [0.25, 0.3) is 0 Å². The average molecular weight is 139 g/mol. The van der Waals surface area contributed by atoms with Crippen LogP contribution in [0.2, 0.25) is 0 Å². The highest BCUT2D eigenvalue weighted by Crippen LogP contribution is 2.17. The Labute approximate surface area is 61.6 Å². The van der Waals surface area contributed by atoms with Crippen LogP contribution in [0.5, 0.6) is 0 Å². The van der Waals surface area contributed by atoms with E-state index >= 15 is 0 Å². The van der Waals surface area contributed by atoms with E-state index in [1.165, 1.54) is 0 Å². The van der Waals surface area contributed by atoms with Crippen LogP contribution in [0.1, 0.15) is 19.8 Å². The molecule has 0 aromatic heterocycles. The molecule has 0 aliphatic carbocycles. The molecular weight excluding hydrogens is 126 g/mol. The third-order valence-electron chi connectivity index (χ3n) is 2.03. The SMILES string of the molecule is C#C[C@](C)(O)[C@@H]1CCCN1. The van der Waals surface area contributed by atoms with Crippen LogP contribution in [-0.2, 0) is 0 Å². The van der Waals surface area contributed by atoms with E-state index in [1.54, 1.807) is 6.92 Å². The molecule has 0 radical (unpaired) electrons. The minimum Gasteiger partial charge on any atom is -0.376 e. The van der Waals surface area contributed by atoms with Crippen molar-refractivity contribution in [2.75, 3.05) is 6.54 Å². The third-order valence-corrected chi connectivity index (χ3v) is 2.03. The molecule has 1 rings (SSSR count). The van der Waals surface area contributed by atoms with Gasteiger partial charge in [-0.1, -0.05) is 5.92 Å². The molecular formula is C8H13NO. The van der Waals surface area contributed by atoms with E-state index in [0.29, 0.717) is 0 Å². The highest BCUT2D eigenvalue weighted by atomic mass is 16.3. The molecule has 56 valence electrons. The van der Waals surface area contributed by atoms with Gasteiger partial charge in [0, 0.05) is 6.04 Å². The molecule has 0 unspecified atom stereocenters. The Morgan fingerprint density at radius 1 is 1.80 bits per heavy atom. The average Bonchev–Trinajstić information content (AvgIpc) is 2.38. The second kappa shape index (κ2) is 2.61. The summed E-state index contributed by atoms with van der Waals surface area (Å²) >= 11 is 0. The summed E-state index contributed by atoms with van der Waals surface area (Å²) < 4.78 is 0. The fraction of sp³-hybridized carbons (Fsp3) is 0.750. The van der Waals surface area contributed by atoms with Crippen LogP contribution in [0.25, 0.3) is 0 Å². The maximum atomic E-state index is 9.52. The van der Waals surface area contributed by atoms with Crippen molar-refractivity contribution in [2.45, 2.75) is 31.4 Å². The maximum absolute atomic E-state index is 9.52. The molecule has 0 aromatic rings. The Bertz CT molecular complexity index is 151. The molecule has 2 heteroatoms. The van der Waals surface area contributed by atoms with E-state index in [1.807, 2.05) is 0 Å². The van der Waals surface area contributed by atoms with Gasteiger partial charge in [-0.25, -0.2) is 0 Å². The predicted octanol–water partition coefficient (Wildman–Crippen LogP) is 0.123. The molecule has 1 saturated heterocycles. The second-order valence-corrected chi connectivity index (χ2v) is 2.94. The quantitative estimate of drug-likeness (QED) is 0.506. The highest BCUT2D eigenvalue weighted by Gasteiger charge is 2.31. The molecule has 2 atom stereocenters. The number of hydrogen-bond acceptors (Lipinski definition) is 2. The Balaban J connectivity index is 2.56. The first-order valence-electron chi connectivity index (χ1n) is 3.60. The highest BCUT2D eigenvalue weighted by molar-refractivity contribution is 5.11. The van der Waals surface area contributed by atoms with E-state index in [-0.39, 0.29) is 6.04 Å². The van der Waals surface area contributed by atoms with E-state index in [9.17, 15) is 5.11 Å². The van der Waals surface area contributed by atoms with Crippen molar-refractivity contribution in [3.05, 3.63) is 0 Å². The van der Waals surface area contributed by atoms with Crippen molar-refractivity contribution in [2.24, 2.45) is 0 Å². The first-order chi connectivity index (χ1) is 4.67. The van der Waals surface area contributed by atoms with Crippen LogP contribution in [0.15, 0.2) is 0 Å². The lowest BCUT2D eigenvalue weighted by Gasteiger charge is -2.23. The third kappa shape index (κ3) is 1.31. The van der Waals surface area contributed by atoms with Gasteiger partial charge in [-0.15, -0.1) is 6.42 Å². The summed E-state index contributed by atoms with van der Waals surface area (Å²) in [6.45, 7) is 2.65. The monoisotopic (exact) mass is 139 g/mol. The minimum atomic E-state index is -0.962. The Kier molecular flexibility index (Phi) is 1.98. The van der Waals surface area contributed by atoms with Gasteiger partial charge in [-0.3, -0.25) is 0 Å². The van der Waals surface area contributed by atoms with Crippen LogP contribution < -0.4 is 5.32 Å². The predicted molar refractivity (Wildman–Crippen MR) is 40.5 cm³/mol. The fourth-order valence-corrected chi connectivity index (χ4v) is 1.26. The fourth-order valence-electron chi connectivity index (χ4n) is 1.26. The number of nitrogens with one attached hydrogen (secondary N) is 1. The maximum Gasteiger partial charge on any atom is 0.137 e. The second-order valence-electron chi connectivity index (χ2n) is 2.94. The lowest BCUT2D eigenvalue weighted by molar-refractivity contribution is 0.0844. The van der Waals surface area contributed by atoms with E-state index in [4.69, 9.17) is 6.42 Å². The summed E-state index contributed by atoms with van der Waals surface area (Å²) in [5.74, 6) is 2.38.